The minimum atomic E-state index is 0.0800. The van der Waals surface area contributed by atoms with Crippen LogP contribution in [0.1, 0.15) is 29.8 Å². The van der Waals surface area contributed by atoms with Crippen molar-refractivity contribution in [3.05, 3.63) is 18.2 Å². The van der Waals surface area contributed by atoms with E-state index < -0.39 is 0 Å². The lowest BCUT2D eigenvalue weighted by Gasteiger charge is -2.38. The highest BCUT2D eigenvalue weighted by Gasteiger charge is 2.38. The molecule has 0 aliphatic carbocycles. The molecule has 0 bridgehead atoms. The maximum absolute atomic E-state index is 12.3. The van der Waals surface area contributed by atoms with Gasteiger partial charge in [-0.2, -0.15) is 0 Å². The van der Waals surface area contributed by atoms with Gasteiger partial charge in [0.1, 0.15) is 5.69 Å². The van der Waals surface area contributed by atoms with Crippen molar-refractivity contribution in [1.82, 2.24) is 19.8 Å². The Labute approximate surface area is 107 Å². The first-order valence-electron chi connectivity index (χ1n) is 6.67. The zero-order chi connectivity index (χ0) is 12.6. The predicted octanol–water partition coefficient (Wildman–Crippen LogP) is 0.636. The van der Waals surface area contributed by atoms with Crippen molar-refractivity contribution in [2.75, 3.05) is 26.2 Å². The van der Waals surface area contributed by atoms with E-state index in [0.717, 1.165) is 39.0 Å². The van der Waals surface area contributed by atoms with Crippen molar-refractivity contribution in [3.8, 4) is 0 Å². The highest BCUT2D eigenvalue weighted by molar-refractivity contribution is 5.92. The third-order valence-corrected chi connectivity index (χ3v) is 4.37. The summed E-state index contributed by atoms with van der Waals surface area (Å²) in [7, 11) is 1.89. The van der Waals surface area contributed by atoms with Crippen molar-refractivity contribution in [3.63, 3.8) is 0 Å². The average molecular weight is 248 g/mol. The van der Waals surface area contributed by atoms with Gasteiger partial charge in [-0.05, 0) is 31.2 Å². The van der Waals surface area contributed by atoms with Gasteiger partial charge in [0.25, 0.3) is 5.91 Å². The molecule has 1 aromatic rings. The summed E-state index contributed by atoms with van der Waals surface area (Å²) in [5.41, 5.74) is 1.03. The van der Waals surface area contributed by atoms with Crippen molar-refractivity contribution in [2.45, 2.75) is 19.3 Å². The summed E-state index contributed by atoms with van der Waals surface area (Å²) in [5, 5.41) is 3.44. The van der Waals surface area contributed by atoms with Crippen molar-refractivity contribution in [1.29, 1.82) is 0 Å². The van der Waals surface area contributed by atoms with Gasteiger partial charge in [0.05, 0.1) is 6.33 Å². The van der Waals surface area contributed by atoms with Crippen LogP contribution in [0, 0.1) is 5.41 Å². The van der Waals surface area contributed by atoms with Crippen molar-refractivity contribution >= 4 is 5.91 Å². The van der Waals surface area contributed by atoms with E-state index in [0.29, 0.717) is 11.1 Å². The monoisotopic (exact) mass is 248 g/mol. The molecule has 0 radical (unpaired) electrons. The highest BCUT2D eigenvalue weighted by Crippen LogP contribution is 2.37. The van der Waals surface area contributed by atoms with E-state index in [1.807, 2.05) is 16.5 Å². The van der Waals surface area contributed by atoms with E-state index in [1.54, 1.807) is 12.5 Å². The summed E-state index contributed by atoms with van der Waals surface area (Å²) in [6.45, 7) is 4.00. The fourth-order valence-electron chi connectivity index (χ4n) is 3.09. The lowest BCUT2D eigenvalue weighted by atomic mass is 9.78. The van der Waals surface area contributed by atoms with Gasteiger partial charge in [0, 0.05) is 32.9 Å². The molecule has 18 heavy (non-hydrogen) atoms. The first-order chi connectivity index (χ1) is 8.69. The molecule has 1 N–H and O–H groups in total. The molecule has 1 spiro atoms. The van der Waals surface area contributed by atoms with Crippen LogP contribution in [-0.2, 0) is 7.05 Å². The van der Waals surface area contributed by atoms with E-state index in [2.05, 4.69) is 10.3 Å². The SMILES string of the molecule is Cn1cnc(C(=O)N2CCC3(CCNC3)CC2)c1. The van der Waals surface area contributed by atoms with Crippen LogP contribution < -0.4 is 5.32 Å². The molecule has 0 saturated carbocycles. The van der Waals surface area contributed by atoms with Crippen LogP contribution in [-0.4, -0.2) is 46.5 Å². The summed E-state index contributed by atoms with van der Waals surface area (Å²) in [6.07, 6.45) is 6.99. The average Bonchev–Trinajstić information content (AvgIpc) is 3.00. The number of nitrogens with one attached hydrogen (secondary N) is 1. The minimum absolute atomic E-state index is 0.0800. The van der Waals surface area contributed by atoms with E-state index in [-0.39, 0.29) is 5.91 Å². The number of aryl methyl sites for hydroxylation is 1. The standard InChI is InChI=1S/C13H20N4O/c1-16-8-11(15-10-16)12(18)17-6-3-13(4-7-17)2-5-14-9-13/h8,10,14H,2-7,9H2,1H3. The molecule has 1 amide bonds. The number of hydrogen-bond acceptors (Lipinski definition) is 3. The lowest BCUT2D eigenvalue weighted by Crippen LogP contribution is -2.44. The fourth-order valence-corrected chi connectivity index (χ4v) is 3.09. The summed E-state index contributed by atoms with van der Waals surface area (Å²) >= 11 is 0. The van der Waals surface area contributed by atoms with E-state index in [9.17, 15) is 4.79 Å². The predicted molar refractivity (Wildman–Crippen MR) is 68.3 cm³/mol. The first-order valence-corrected chi connectivity index (χ1v) is 6.67. The van der Waals surface area contributed by atoms with Crippen LogP contribution in [0.4, 0.5) is 0 Å². The number of rotatable bonds is 1. The summed E-state index contributed by atoms with van der Waals surface area (Å²) < 4.78 is 1.82. The Morgan fingerprint density at radius 2 is 2.17 bits per heavy atom. The molecule has 98 valence electrons. The Balaban J connectivity index is 1.64. The zero-order valence-corrected chi connectivity index (χ0v) is 10.9. The van der Waals surface area contributed by atoms with Crippen LogP contribution in [0.3, 0.4) is 0 Å². The zero-order valence-electron chi connectivity index (χ0n) is 10.9. The summed E-state index contributed by atoms with van der Waals surface area (Å²) in [5.74, 6) is 0.0800. The van der Waals surface area contributed by atoms with Crippen LogP contribution in [0.15, 0.2) is 12.5 Å². The number of imidazole rings is 1. The summed E-state index contributed by atoms with van der Waals surface area (Å²) in [4.78, 5) is 18.3. The molecule has 0 atom stereocenters. The molecule has 2 saturated heterocycles. The minimum Gasteiger partial charge on any atom is -0.340 e. The van der Waals surface area contributed by atoms with Crippen molar-refractivity contribution < 1.29 is 4.79 Å². The van der Waals surface area contributed by atoms with Crippen LogP contribution in [0.5, 0.6) is 0 Å². The van der Waals surface area contributed by atoms with Crippen LogP contribution >= 0.6 is 0 Å². The normalized spacial score (nSPS) is 22.6. The van der Waals surface area contributed by atoms with E-state index in [4.69, 9.17) is 0 Å². The number of hydrogen-bond donors (Lipinski definition) is 1. The molecule has 2 fully saturated rings. The molecule has 2 aliphatic heterocycles. The first kappa shape index (κ1) is 11.7. The van der Waals surface area contributed by atoms with Gasteiger partial charge in [-0.3, -0.25) is 4.79 Å². The number of carbonyl (C=O) groups excluding carboxylic acids is 1. The lowest BCUT2D eigenvalue weighted by molar-refractivity contribution is 0.0602. The Bertz CT molecular complexity index is 438. The quantitative estimate of drug-likeness (QED) is 0.793. The summed E-state index contributed by atoms with van der Waals surface area (Å²) in [6, 6.07) is 0. The number of amides is 1. The molecular formula is C13H20N4O. The molecule has 5 nitrogen and oxygen atoms in total. The van der Waals surface area contributed by atoms with E-state index in [1.165, 1.54) is 6.42 Å². The van der Waals surface area contributed by atoms with Gasteiger partial charge in [0.15, 0.2) is 0 Å². The molecule has 0 aromatic carbocycles. The molecule has 3 heterocycles. The second-order valence-electron chi connectivity index (χ2n) is 5.64. The molecule has 0 unspecified atom stereocenters. The van der Waals surface area contributed by atoms with Gasteiger partial charge in [-0.15, -0.1) is 0 Å². The van der Waals surface area contributed by atoms with Crippen LogP contribution in [0.25, 0.3) is 0 Å². The van der Waals surface area contributed by atoms with Gasteiger partial charge in [-0.25, -0.2) is 4.98 Å². The fraction of sp³-hybridized carbons (Fsp3) is 0.692. The second-order valence-corrected chi connectivity index (χ2v) is 5.64. The third kappa shape index (κ3) is 2.03. The Hall–Kier alpha value is -1.36. The van der Waals surface area contributed by atoms with Crippen molar-refractivity contribution in [2.24, 2.45) is 12.5 Å². The molecular weight excluding hydrogens is 228 g/mol. The molecule has 3 rings (SSSR count). The Morgan fingerprint density at radius 3 is 2.72 bits per heavy atom. The highest BCUT2D eigenvalue weighted by atomic mass is 16.2. The molecule has 5 heteroatoms. The van der Waals surface area contributed by atoms with Gasteiger partial charge >= 0.3 is 0 Å². The second kappa shape index (κ2) is 4.39. The molecule has 2 aliphatic rings. The Morgan fingerprint density at radius 1 is 1.39 bits per heavy atom. The number of nitrogens with zero attached hydrogens (tertiary/aromatic N) is 3. The number of aromatic nitrogens is 2. The Kier molecular flexibility index (Phi) is 2.86. The van der Waals surface area contributed by atoms with E-state index >= 15 is 0 Å². The number of piperidine rings is 1. The van der Waals surface area contributed by atoms with Gasteiger partial charge in [0.2, 0.25) is 0 Å². The third-order valence-electron chi connectivity index (χ3n) is 4.37. The largest absolute Gasteiger partial charge is 0.340 e. The maximum atomic E-state index is 12.3. The maximum Gasteiger partial charge on any atom is 0.274 e. The van der Waals surface area contributed by atoms with Gasteiger partial charge < -0.3 is 14.8 Å². The smallest absolute Gasteiger partial charge is 0.274 e. The van der Waals surface area contributed by atoms with Gasteiger partial charge in [-0.1, -0.05) is 0 Å². The molecule has 1 aromatic heterocycles. The number of carbonyl (C=O) groups is 1. The van der Waals surface area contributed by atoms with Crippen LogP contribution in [0.2, 0.25) is 0 Å². The number of likely N-dealkylation sites (tertiary alicyclic amines) is 1. The topological polar surface area (TPSA) is 50.2 Å².